The predicted octanol–water partition coefficient (Wildman–Crippen LogP) is 5.32. The van der Waals surface area contributed by atoms with Crippen LogP contribution in [0, 0.1) is 0 Å². The van der Waals surface area contributed by atoms with Crippen LogP contribution < -0.4 is 10.6 Å². The molecule has 5 nitrogen and oxygen atoms in total. The molecule has 33 heavy (non-hydrogen) atoms. The maximum absolute atomic E-state index is 12.6. The monoisotopic (exact) mass is 461 g/mol. The summed E-state index contributed by atoms with van der Waals surface area (Å²) >= 11 is 0. The Hall–Kier alpha value is -3.15. The van der Waals surface area contributed by atoms with Crippen LogP contribution in [0.2, 0.25) is 0 Å². The maximum Gasteiger partial charge on any atom is 0.273 e. The number of unbranched alkanes of at least 4 members (excludes halogenated alkanes) is 1. The van der Waals surface area contributed by atoms with Gasteiger partial charge in [0, 0.05) is 24.2 Å². The van der Waals surface area contributed by atoms with Crippen LogP contribution in [0.5, 0.6) is 0 Å². The Labute approximate surface area is 200 Å². The molecule has 1 heterocycles. The third-order valence-electron chi connectivity index (χ3n) is 6.17. The van der Waals surface area contributed by atoms with Crippen molar-refractivity contribution in [1.82, 2.24) is 15.8 Å². The van der Waals surface area contributed by atoms with E-state index in [2.05, 4.69) is 64.3 Å². The molecule has 3 aromatic carbocycles. The Kier molecular flexibility index (Phi) is 7.43. The molecule has 4 aromatic rings. The van der Waals surface area contributed by atoms with Crippen LogP contribution in [0.4, 0.5) is 0 Å². The summed E-state index contributed by atoms with van der Waals surface area (Å²) in [5.74, 6) is 0.604. The van der Waals surface area contributed by atoms with Crippen LogP contribution in [0.15, 0.2) is 71.3 Å². The summed E-state index contributed by atoms with van der Waals surface area (Å²) in [6, 6.07) is 23.1. The van der Waals surface area contributed by atoms with Gasteiger partial charge in [-0.05, 0) is 54.1 Å². The maximum atomic E-state index is 12.6. The number of rotatable bonds is 8. The van der Waals surface area contributed by atoms with E-state index >= 15 is 0 Å². The number of nitrogens with one attached hydrogen (secondary N) is 2. The summed E-state index contributed by atoms with van der Waals surface area (Å²) in [6.07, 6.45) is 3.61. The lowest BCUT2D eigenvalue weighted by Gasteiger charge is -2.14. The SMILES string of the molecule is Cl.O=C(NCCCCNCc1cccc2ccccc12)c1noc2c1CCc1ccccc1-2. The number of benzene rings is 3. The minimum atomic E-state index is -0.141. The average molecular weight is 462 g/mol. The second kappa shape index (κ2) is 10.6. The first-order valence-electron chi connectivity index (χ1n) is 11.3. The Balaban J connectivity index is 0.00000259. The first-order chi connectivity index (χ1) is 15.8. The Morgan fingerprint density at radius 2 is 1.70 bits per heavy atom. The van der Waals surface area contributed by atoms with Gasteiger partial charge in [0.2, 0.25) is 0 Å². The number of carbonyl (C=O) groups excluding carboxylic acids is 1. The third-order valence-corrected chi connectivity index (χ3v) is 6.17. The molecule has 170 valence electrons. The summed E-state index contributed by atoms with van der Waals surface area (Å²) in [4.78, 5) is 12.6. The van der Waals surface area contributed by atoms with Crippen molar-refractivity contribution in [3.05, 3.63) is 89.1 Å². The van der Waals surface area contributed by atoms with Crippen LogP contribution in [-0.2, 0) is 19.4 Å². The fourth-order valence-electron chi connectivity index (χ4n) is 4.48. The summed E-state index contributed by atoms with van der Waals surface area (Å²) in [6.45, 7) is 2.39. The van der Waals surface area contributed by atoms with E-state index in [0.29, 0.717) is 12.2 Å². The van der Waals surface area contributed by atoms with Crippen LogP contribution in [0.1, 0.15) is 40.0 Å². The fourth-order valence-corrected chi connectivity index (χ4v) is 4.48. The smallest absolute Gasteiger partial charge is 0.273 e. The zero-order chi connectivity index (χ0) is 21.8. The quantitative estimate of drug-likeness (QED) is 0.349. The highest BCUT2D eigenvalue weighted by Gasteiger charge is 2.27. The lowest BCUT2D eigenvalue weighted by Crippen LogP contribution is -2.26. The largest absolute Gasteiger partial charge is 0.355 e. The minimum Gasteiger partial charge on any atom is -0.355 e. The molecule has 6 heteroatoms. The fraction of sp³-hybridized carbons (Fsp3) is 0.259. The van der Waals surface area contributed by atoms with Gasteiger partial charge in [0.25, 0.3) is 5.91 Å². The molecule has 5 rings (SSSR count). The summed E-state index contributed by atoms with van der Waals surface area (Å²) in [5, 5.41) is 13.2. The van der Waals surface area contributed by atoms with Gasteiger partial charge in [-0.25, -0.2) is 0 Å². The van der Waals surface area contributed by atoms with Crippen molar-refractivity contribution in [3.63, 3.8) is 0 Å². The standard InChI is InChI=1S/C27H27N3O2.ClH/c31-27(25-24-15-14-20-9-2-4-13-23(20)26(24)32-30-25)29-17-6-5-16-28-18-21-11-7-10-19-8-1-3-12-22(19)21;/h1-4,7-13,28H,5-6,14-18H2,(H,29,31);1H. The Morgan fingerprint density at radius 1 is 0.909 bits per heavy atom. The molecule has 0 radical (unpaired) electrons. The van der Waals surface area contributed by atoms with Crippen LogP contribution in [0.25, 0.3) is 22.1 Å². The number of hydrogen-bond donors (Lipinski definition) is 2. The molecule has 1 aliphatic rings. The highest BCUT2D eigenvalue weighted by atomic mass is 35.5. The number of amides is 1. The molecule has 0 bridgehead atoms. The Morgan fingerprint density at radius 3 is 2.64 bits per heavy atom. The molecule has 0 saturated carbocycles. The lowest BCUT2D eigenvalue weighted by atomic mass is 9.89. The molecule has 0 aliphatic heterocycles. The van der Waals surface area contributed by atoms with Crippen LogP contribution in [-0.4, -0.2) is 24.2 Å². The molecule has 2 N–H and O–H groups in total. The van der Waals surface area contributed by atoms with Gasteiger partial charge in [-0.15, -0.1) is 12.4 Å². The molecule has 0 atom stereocenters. The van der Waals surface area contributed by atoms with Gasteiger partial charge in [0.05, 0.1) is 0 Å². The number of aromatic nitrogens is 1. The number of hydrogen-bond acceptors (Lipinski definition) is 4. The van der Waals surface area contributed by atoms with Crippen LogP contribution >= 0.6 is 12.4 Å². The van der Waals surface area contributed by atoms with Crippen molar-refractivity contribution in [1.29, 1.82) is 0 Å². The van der Waals surface area contributed by atoms with Crippen molar-refractivity contribution in [2.75, 3.05) is 13.1 Å². The van der Waals surface area contributed by atoms with E-state index in [4.69, 9.17) is 4.52 Å². The van der Waals surface area contributed by atoms with E-state index in [-0.39, 0.29) is 18.3 Å². The van der Waals surface area contributed by atoms with E-state index in [1.54, 1.807) is 0 Å². The van der Waals surface area contributed by atoms with Crippen molar-refractivity contribution in [2.45, 2.75) is 32.2 Å². The highest BCUT2D eigenvalue weighted by molar-refractivity contribution is 5.95. The van der Waals surface area contributed by atoms with Crippen LogP contribution in [0.3, 0.4) is 0 Å². The van der Waals surface area contributed by atoms with Gasteiger partial charge < -0.3 is 15.2 Å². The third kappa shape index (κ3) is 4.95. The molecular formula is C27H28ClN3O2. The van der Waals surface area contributed by atoms with Gasteiger partial charge in [-0.3, -0.25) is 4.79 Å². The minimum absolute atomic E-state index is 0. The average Bonchev–Trinajstić information content (AvgIpc) is 3.28. The second-order valence-corrected chi connectivity index (χ2v) is 8.27. The molecule has 1 amide bonds. The zero-order valence-electron chi connectivity index (χ0n) is 18.5. The van der Waals surface area contributed by atoms with Crippen molar-refractivity contribution >= 4 is 29.1 Å². The van der Waals surface area contributed by atoms with Crippen molar-refractivity contribution in [3.8, 4) is 11.3 Å². The van der Waals surface area contributed by atoms with E-state index in [1.165, 1.54) is 21.9 Å². The topological polar surface area (TPSA) is 67.2 Å². The van der Waals surface area contributed by atoms with Crippen molar-refractivity contribution in [2.24, 2.45) is 0 Å². The molecule has 0 unspecified atom stereocenters. The molecule has 1 aromatic heterocycles. The van der Waals surface area contributed by atoms with E-state index in [0.717, 1.165) is 55.7 Å². The van der Waals surface area contributed by atoms with E-state index in [9.17, 15) is 4.79 Å². The van der Waals surface area contributed by atoms with Gasteiger partial charge >= 0.3 is 0 Å². The van der Waals surface area contributed by atoms with E-state index < -0.39 is 0 Å². The Bertz CT molecular complexity index is 1250. The van der Waals surface area contributed by atoms with Gasteiger partial charge in [-0.1, -0.05) is 71.9 Å². The number of nitrogens with zero attached hydrogens (tertiary/aromatic N) is 1. The summed E-state index contributed by atoms with van der Waals surface area (Å²) < 4.78 is 5.55. The second-order valence-electron chi connectivity index (χ2n) is 8.27. The molecule has 0 saturated heterocycles. The normalized spacial score (nSPS) is 12.0. The lowest BCUT2D eigenvalue weighted by molar-refractivity contribution is 0.0943. The van der Waals surface area contributed by atoms with Gasteiger partial charge in [0.1, 0.15) is 0 Å². The van der Waals surface area contributed by atoms with E-state index in [1.807, 2.05) is 18.2 Å². The molecule has 0 fully saturated rings. The predicted molar refractivity (Wildman–Crippen MR) is 134 cm³/mol. The summed E-state index contributed by atoms with van der Waals surface area (Å²) in [5.41, 5.74) is 4.98. The first kappa shape index (κ1) is 23.0. The van der Waals surface area contributed by atoms with Crippen molar-refractivity contribution < 1.29 is 9.32 Å². The number of halogens is 1. The number of carbonyl (C=O) groups is 1. The molecule has 0 spiro atoms. The molecular weight excluding hydrogens is 434 g/mol. The number of aryl methyl sites for hydroxylation is 1. The zero-order valence-corrected chi connectivity index (χ0v) is 19.3. The van der Waals surface area contributed by atoms with Gasteiger partial charge in [0.15, 0.2) is 11.5 Å². The summed E-state index contributed by atoms with van der Waals surface area (Å²) in [7, 11) is 0. The first-order valence-corrected chi connectivity index (χ1v) is 11.3. The molecule has 1 aliphatic carbocycles. The van der Waals surface area contributed by atoms with Gasteiger partial charge in [-0.2, -0.15) is 0 Å². The highest BCUT2D eigenvalue weighted by Crippen LogP contribution is 2.35. The number of fused-ring (bicyclic) bond motifs is 4.